The van der Waals surface area contributed by atoms with E-state index in [-0.39, 0.29) is 23.4 Å². The molecule has 6 heteroatoms. The van der Waals surface area contributed by atoms with Crippen LogP contribution in [-0.2, 0) is 11.0 Å². The molecule has 4 aromatic carbocycles. The molecule has 1 aliphatic carbocycles. The Balaban J connectivity index is 1.52. The van der Waals surface area contributed by atoms with Gasteiger partial charge >= 0.3 is 0 Å². The van der Waals surface area contributed by atoms with Gasteiger partial charge in [0.1, 0.15) is 5.54 Å². The minimum Gasteiger partial charge on any atom is -0.504 e. The maximum absolute atomic E-state index is 14.8. The lowest BCUT2D eigenvalue weighted by molar-refractivity contribution is 0.0668. The number of Topliss-reactive ketones (excluding diaryl/α,β-unsaturated/α-hetero) is 2. The fourth-order valence-corrected chi connectivity index (χ4v) is 7.77. The summed E-state index contributed by atoms with van der Waals surface area (Å²) in [5, 5.41) is 12.5. The molecule has 2 heterocycles. The van der Waals surface area contributed by atoms with Crippen molar-refractivity contribution in [2.45, 2.75) is 36.3 Å². The Hall–Kier alpha value is -3.48. The fourth-order valence-electron chi connectivity index (χ4n) is 7.51. The molecule has 190 valence electrons. The largest absolute Gasteiger partial charge is 0.504 e. The molecule has 38 heavy (non-hydrogen) atoms. The molecule has 2 fully saturated rings. The Bertz CT molecular complexity index is 1640. The quantitative estimate of drug-likeness (QED) is 0.289. The number of carbonyl (C=O) groups excluding carboxylic acids is 2. The molecule has 3 aliphatic rings. The van der Waals surface area contributed by atoms with Crippen molar-refractivity contribution in [2.75, 3.05) is 13.7 Å². The van der Waals surface area contributed by atoms with Crippen LogP contribution in [0.4, 0.5) is 0 Å². The number of methoxy groups -OCH3 is 1. The minimum atomic E-state index is -1.01. The zero-order valence-corrected chi connectivity index (χ0v) is 22.5. The summed E-state index contributed by atoms with van der Waals surface area (Å²) in [6.45, 7) is 0.741. The molecule has 0 radical (unpaired) electrons. The first-order valence-corrected chi connectivity index (χ1v) is 13.7. The van der Waals surface area contributed by atoms with Gasteiger partial charge in [0, 0.05) is 21.6 Å². The number of ether oxygens (including phenoxy) is 1. The average molecular weight is 568 g/mol. The van der Waals surface area contributed by atoms with E-state index in [1.165, 1.54) is 7.11 Å². The van der Waals surface area contributed by atoms with E-state index in [0.29, 0.717) is 17.7 Å². The van der Waals surface area contributed by atoms with Crippen LogP contribution in [0.3, 0.4) is 0 Å². The first-order chi connectivity index (χ1) is 18.4. The summed E-state index contributed by atoms with van der Waals surface area (Å²) >= 11 is 3.49. The predicted octanol–water partition coefficient (Wildman–Crippen LogP) is 6.40. The van der Waals surface area contributed by atoms with E-state index in [9.17, 15) is 14.7 Å². The van der Waals surface area contributed by atoms with Gasteiger partial charge < -0.3 is 9.84 Å². The maximum atomic E-state index is 14.8. The highest BCUT2D eigenvalue weighted by Crippen LogP contribution is 2.62. The second-order valence-electron chi connectivity index (χ2n) is 10.6. The second-order valence-corrected chi connectivity index (χ2v) is 11.5. The normalized spacial score (nSPS) is 25.8. The molecule has 1 spiro atoms. The number of phenolic OH excluding ortho intramolecular Hbond substituents is 1. The number of aromatic hydroxyl groups is 1. The number of ketones is 2. The van der Waals surface area contributed by atoms with Crippen molar-refractivity contribution in [2.24, 2.45) is 0 Å². The molecule has 1 N–H and O–H groups in total. The third kappa shape index (κ3) is 2.90. The van der Waals surface area contributed by atoms with Gasteiger partial charge in [-0.25, -0.2) is 0 Å². The van der Waals surface area contributed by atoms with Crippen LogP contribution in [0.15, 0.2) is 83.3 Å². The number of halogens is 1. The highest BCUT2D eigenvalue weighted by Gasteiger charge is 2.69. The van der Waals surface area contributed by atoms with Crippen LogP contribution >= 0.6 is 15.9 Å². The van der Waals surface area contributed by atoms with E-state index in [1.807, 2.05) is 48.5 Å². The molecular formula is C32H26BrNO4. The fraction of sp³-hybridized carbons (Fsp3) is 0.250. The number of fused-ring (bicyclic) bond motifs is 3. The Morgan fingerprint density at radius 1 is 1.05 bits per heavy atom. The van der Waals surface area contributed by atoms with Crippen molar-refractivity contribution >= 4 is 38.3 Å². The molecule has 7 rings (SSSR count). The SMILES string of the molecule is COc1cc(C2(C(=O)c3ccc(Br)cc3)CC3(C(=O)c4cccc5cccc3c45)N3CCCC32)ccc1O. The number of phenols is 1. The monoisotopic (exact) mass is 567 g/mol. The summed E-state index contributed by atoms with van der Waals surface area (Å²) in [4.78, 5) is 31.7. The summed E-state index contributed by atoms with van der Waals surface area (Å²) in [5.41, 5.74) is 1.17. The third-order valence-corrected chi connectivity index (χ3v) is 9.55. The van der Waals surface area contributed by atoms with Crippen LogP contribution in [-0.4, -0.2) is 41.3 Å². The molecule has 0 amide bonds. The smallest absolute Gasteiger partial charge is 0.188 e. The topological polar surface area (TPSA) is 66.8 Å². The zero-order chi connectivity index (χ0) is 26.2. The molecule has 3 atom stereocenters. The Kier molecular flexibility index (Phi) is 5.13. The molecule has 4 aromatic rings. The van der Waals surface area contributed by atoms with Crippen LogP contribution in [0.5, 0.6) is 11.5 Å². The van der Waals surface area contributed by atoms with Gasteiger partial charge in [0.15, 0.2) is 23.1 Å². The molecule has 3 unspecified atom stereocenters. The summed E-state index contributed by atoms with van der Waals surface area (Å²) in [7, 11) is 1.51. The molecular weight excluding hydrogens is 542 g/mol. The van der Waals surface area contributed by atoms with Gasteiger partial charge in [-0.1, -0.05) is 70.5 Å². The molecule has 2 saturated heterocycles. The van der Waals surface area contributed by atoms with Crippen LogP contribution in [0.2, 0.25) is 0 Å². The number of carbonyl (C=O) groups is 2. The molecule has 2 aliphatic heterocycles. The van der Waals surface area contributed by atoms with Gasteiger partial charge in [-0.05, 0) is 72.0 Å². The Labute approximate surface area is 229 Å². The molecule has 0 aromatic heterocycles. The van der Waals surface area contributed by atoms with E-state index in [0.717, 1.165) is 51.3 Å². The Morgan fingerprint density at radius 3 is 2.58 bits per heavy atom. The number of hydrogen-bond donors (Lipinski definition) is 1. The number of rotatable bonds is 4. The van der Waals surface area contributed by atoms with Crippen LogP contribution in [0.25, 0.3) is 10.8 Å². The van der Waals surface area contributed by atoms with Gasteiger partial charge in [0.05, 0.1) is 12.5 Å². The number of nitrogens with zero attached hydrogens (tertiary/aromatic N) is 1. The van der Waals surface area contributed by atoms with Gasteiger partial charge in [-0.3, -0.25) is 14.5 Å². The lowest BCUT2D eigenvalue weighted by atomic mass is 9.65. The zero-order valence-electron chi connectivity index (χ0n) is 20.9. The Morgan fingerprint density at radius 2 is 1.82 bits per heavy atom. The van der Waals surface area contributed by atoms with Gasteiger partial charge in [-0.15, -0.1) is 0 Å². The van der Waals surface area contributed by atoms with Crippen LogP contribution < -0.4 is 4.74 Å². The number of hydrogen-bond acceptors (Lipinski definition) is 5. The third-order valence-electron chi connectivity index (χ3n) is 9.02. The van der Waals surface area contributed by atoms with Crippen molar-refractivity contribution in [3.8, 4) is 11.5 Å². The van der Waals surface area contributed by atoms with Crippen molar-refractivity contribution in [3.05, 3.63) is 106 Å². The van der Waals surface area contributed by atoms with E-state index >= 15 is 0 Å². The van der Waals surface area contributed by atoms with Crippen molar-refractivity contribution < 1.29 is 19.4 Å². The second kappa shape index (κ2) is 8.26. The van der Waals surface area contributed by atoms with Crippen LogP contribution in [0, 0.1) is 0 Å². The van der Waals surface area contributed by atoms with E-state index in [2.05, 4.69) is 39.0 Å². The summed E-state index contributed by atoms with van der Waals surface area (Å²) in [5.74, 6) is 0.404. The highest BCUT2D eigenvalue weighted by atomic mass is 79.9. The van der Waals surface area contributed by atoms with E-state index < -0.39 is 11.0 Å². The van der Waals surface area contributed by atoms with Crippen LogP contribution in [0.1, 0.15) is 51.1 Å². The van der Waals surface area contributed by atoms with Gasteiger partial charge in [0.2, 0.25) is 0 Å². The van der Waals surface area contributed by atoms with E-state index in [1.54, 1.807) is 12.1 Å². The maximum Gasteiger partial charge on any atom is 0.188 e. The molecule has 0 saturated carbocycles. The minimum absolute atomic E-state index is 0.0116. The summed E-state index contributed by atoms with van der Waals surface area (Å²) < 4.78 is 6.39. The predicted molar refractivity (Wildman–Crippen MR) is 149 cm³/mol. The standard InChI is InChI=1S/C32H26BrNO4/c1-38-26-17-21(12-15-25(26)35)31(29(36)20-10-13-22(33)14-11-20)18-32(34-16-4-9-27(31)34)24-8-3-6-19-5-2-7-23(28(19)24)30(32)37/h2-3,5-8,10-15,17,27,35H,4,9,16,18H2,1H3. The van der Waals surface area contributed by atoms with Crippen molar-refractivity contribution in [3.63, 3.8) is 0 Å². The first-order valence-electron chi connectivity index (χ1n) is 12.9. The van der Waals surface area contributed by atoms with Gasteiger partial charge in [-0.2, -0.15) is 0 Å². The van der Waals surface area contributed by atoms with Gasteiger partial charge in [0.25, 0.3) is 0 Å². The average Bonchev–Trinajstić information content (AvgIpc) is 3.60. The first kappa shape index (κ1) is 23.6. The van der Waals surface area contributed by atoms with Crippen molar-refractivity contribution in [1.29, 1.82) is 0 Å². The highest BCUT2D eigenvalue weighted by molar-refractivity contribution is 9.10. The lowest BCUT2D eigenvalue weighted by Crippen LogP contribution is -2.47. The molecule has 0 bridgehead atoms. The lowest BCUT2D eigenvalue weighted by Gasteiger charge is -2.35. The van der Waals surface area contributed by atoms with Crippen molar-refractivity contribution in [1.82, 2.24) is 4.90 Å². The number of benzene rings is 4. The summed E-state index contributed by atoms with van der Waals surface area (Å²) in [6.07, 6.45) is 2.03. The van der Waals surface area contributed by atoms with E-state index in [4.69, 9.17) is 4.74 Å². The summed E-state index contributed by atoms with van der Waals surface area (Å²) in [6, 6.07) is 24.6. The molecule has 5 nitrogen and oxygen atoms in total.